The van der Waals surface area contributed by atoms with Gasteiger partial charge in [-0.2, -0.15) is 0 Å². The molecule has 1 aromatic heterocycles. The molecule has 6 heteroatoms. The number of amides is 1. The van der Waals surface area contributed by atoms with Crippen LogP contribution >= 0.6 is 11.8 Å². The summed E-state index contributed by atoms with van der Waals surface area (Å²) in [5, 5.41) is 2.58. The number of furan rings is 1. The van der Waals surface area contributed by atoms with E-state index in [1.165, 1.54) is 18.9 Å². The third-order valence-corrected chi connectivity index (χ3v) is 4.66. The molecular weight excluding hydrogens is 314 g/mol. The van der Waals surface area contributed by atoms with Crippen molar-refractivity contribution in [3.63, 3.8) is 0 Å². The minimum atomic E-state index is -0.475. The Morgan fingerprint density at radius 3 is 2.70 bits per heavy atom. The molecule has 122 valence electrons. The van der Waals surface area contributed by atoms with E-state index in [1.54, 1.807) is 30.5 Å². The largest absolute Gasteiger partial charge is 0.468 e. The maximum absolute atomic E-state index is 12.5. The Balaban J connectivity index is 2.03. The highest BCUT2D eigenvalue weighted by Crippen LogP contribution is 2.23. The van der Waals surface area contributed by atoms with E-state index in [0.717, 1.165) is 5.76 Å². The van der Waals surface area contributed by atoms with Gasteiger partial charge in [-0.1, -0.05) is 19.1 Å². The van der Waals surface area contributed by atoms with Gasteiger partial charge in [0, 0.05) is 0 Å². The lowest BCUT2D eigenvalue weighted by Gasteiger charge is -2.15. The second-order valence-corrected chi connectivity index (χ2v) is 6.00. The molecule has 1 heterocycles. The first-order chi connectivity index (χ1) is 11.2. The van der Waals surface area contributed by atoms with Crippen LogP contribution in [0.5, 0.6) is 0 Å². The molecule has 0 saturated carbocycles. The van der Waals surface area contributed by atoms with Crippen molar-refractivity contribution in [1.29, 1.82) is 0 Å². The summed E-state index contributed by atoms with van der Waals surface area (Å²) in [6.45, 7) is 1.95. The monoisotopic (exact) mass is 333 g/mol. The lowest BCUT2D eigenvalue weighted by Crippen LogP contribution is -2.25. The fourth-order valence-electron chi connectivity index (χ4n) is 2.05. The third-order valence-electron chi connectivity index (χ3n) is 3.26. The fraction of sp³-hybridized carbons (Fsp3) is 0.294. The smallest absolute Gasteiger partial charge is 0.339 e. The van der Waals surface area contributed by atoms with Crippen LogP contribution in [0, 0.1) is 0 Å². The first-order valence-corrected chi connectivity index (χ1v) is 8.32. The van der Waals surface area contributed by atoms with Gasteiger partial charge in [0.2, 0.25) is 5.91 Å². The van der Waals surface area contributed by atoms with Crippen LogP contribution < -0.4 is 5.32 Å². The molecule has 0 saturated heterocycles. The summed E-state index contributed by atoms with van der Waals surface area (Å²) in [6.07, 6.45) is 2.29. The van der Waals surface area contributed by atoms with Gasteiger partial charge >= 0.3 is 5.97 Å². The predicted octanol–water partition coefficient (Wildman–Crippen LogP) is 3.72. The molecule has 1 N–H and O–H groups in total. The SMILES string of the molecule is CCC(SCc1ccco1)C(=O)Nc1ccccc1C(=O)OC. The number of esters is 1. The van der Waals surface area contributed by atoms with Gasteiger partial charge in [0.1, 0.15) is 5.76 Å². The zero-order valence-electron chi connectivity index (χ0n) is 13.1. The molecule has 0 fully saturated rings. The molecule has 2 rings (SSSR count). The molecule has 1 amide bonds. The first-order valence-electron chi connectivity index (χ1n) is 7.28. The number of hydrogen-bond donors (Lipinski definition) is 1. The second-order valence-electron chi connectivity index (χ2n) is 4.81. The number of thioether (sulfide) groups is 1. The van der Waals surface area contributed by atoms with Crippen molar-refractivity contribution in [1.82, 2.24) is 0 Å². The number of rotatable bonds is 7. The van der Waals surface area contributed by atoms with Gasteiger partial charge in [0.05, 0.1) is 35.6 Å². The van der Waals surface area contributed by atoms with Crippen molar-refractivity contribution in [2.45, 2.75) is 24.3 Å². The first kappa shape index (κ1) is 17.1. The van der Waals surface area contributed by atoms with Gasteiger partial charge in [-0.15, -0.1) is 11.8 Å². The number of benzene rings is 1. The maximum atomic E-state index is 12.5. The molecule has 0 radical (unpaired) electrons. The van der Waals surface area contributed by atoms with Gasteiger partial charge in [-0.05, 0) is 30.7 Å². The van der Waals surface area contributed by atoms with Crippen LogP contribution in [0.3, 0.4) is 0 Å². The number of anilines is 1. The highest BCUT2D eigenvalue weighted by molar-refractivity contribution is 7.99. The summed E-state index contributed by atoms with van der Waals surface area (Å²) < 4.78 is 10.0. The van der Waals surface area contributed by atoms with Crippen molar-refractivity contribution in [3.8, 4) is 0 Å². The second kappa shape index (κ2) is 8.43. The summed E-state index contributed by atoms with van der Waals surface area (Å²) >= 11 is 1.50. The van der Waals surface area contributed by atoms with E-state index in [1.807, 2.05) is 19.1 Å². The van der Waals surface area contributed by atoms with E-state index in [0.29, 0.717) is 23.4 Å². The molecule has 0 spiro atoms. The summed E-state index contributed by atoms with van der Waals surface area (Å²) in [5.41, 5.74) is 0.802. The number of ether oxygens (including phenoxy) is 1. The average molecular weight is 333 g/mol. The lowest BCUT2D eigenvalue weighted by atomic mass is 10.1. The molecule has 2 aromatic rings. The van der Waals surface area contributed by atoms with Gasteiger partial charge in [-0.3, -0.25) is 4.79 Å². The lowest BCUT2D eigenvalue weighted by molar-refractivity contribution is -0.115. The minimum absolute atomic E-state index is 0.139. The summed E-state index contributed by atoms with van der Waals surface area (Å²) in [4.78, 5) is 24.2. The number of hydrogen-bond acceptors (Lipinski definition) is 5. The number of methoxy groups -OCH3 is 1. The predicted molar refractivity (Wildman–Crippen MR) is 90.5 cm³/mol. The van der Waals surface area contributed by atoms with Crippen LogP contribution in [-0.4, -0.2) is 24.2 Å². The zero-order valence-corrected chi connectivity index (χ0v) is 13.9. The van der Waals surface area contributed by atoms with Crippen LogP contribution in [0.15, 0.2) is 47.1 Å². The summed E-state index contributed by atoms with van der Waals surface area (Å²) in [6, 6.07) is 10.5. The number of para-hydroxylation sites is 1. The van der Waals surface area contributed by atoms with Crippen LogP contribution in [0.4, 0.5) is 5.69 Å². The van der Waals surface area contributed by atoms with Gasteiger partial charge in [0.25, 0.3) is 0 Å². The van der Waals surface area contributed by atoms with Crippen LogP contribution in [0.2, 0.25) is 0 Å². The number of nitrogens with one attached hydrogen (secondary N) is 1. The van der Waals surface area contributed by atoms with Crippen molar-refractivity contribution in [2.75, 3.05) is 12.4 Å². The number of carbonyl (C=O) groups is 2. The Bertz CT molecular complexity index is 654. The van der Waals surface area contributed by atoms with E-state index in [4.69, 9.17) is 9.15 Å². The molecule has 5 nitrogen and oxygen atoms in total. The Labute approximate surface area is 139 Å². The molecule has 23 heavy (non-hydrogen) atoms. The van der Waals surface area contributed by atoms with E-state index < -0.39 is 5.97 Å². The molecular formula is C17H19NO4S. The van der Waals surface area contributed by atoms with Gasteiger partial charge in [-0.25, -0.2) is 4.79 Å². The highest BCUT2D eigenvalue weighted by atomic mass is 32.2. The van der Waals surface area contributed by atoms with E-state index in [-0.39, 0.29) is 11.2 Å². The van der Waals surface area contributed by atoms with Crippen molar-refractivity contribution in [3.05, 3.63) is 54.0 Å². The molecule has 0 aliphatic carbocycles. The third kappa shape index (κ3) is 4.63. The van der Waals surface area contributed by atoms with Crippen LogP contribution in [0.25, 0.3) is 0 Å². The number of carbonyl (C=O) groups excluding carboxylic acids is 2. The topological polar surface area (TPSA) is 68.5 Å². The highest BCUT2D eigenvalue weighted by Gasteiger charge is 2.20. The Morgan fingerprint density at radius 2 is 2.04 bits per heavy atom. The van der Waals surface area contributed by atoms with Crippen LogP contribution in [0.1, 0.15) is 29.5 Å². The molecule has 0 bridgehead atoms. The summed E-state index contributed by atoms with van der Waals surface area (Å²) in [5.74, 6) is 0.839. The minimum Gasteiger partial charge on any atom is -0.468 e. The fourth-order valence-corrected chi connectivity index (χ4v) is 3.03. The Morgan fingerprint density at radius 1 is 1.26 bits per heavy atom. The maximum Gasteiger partial charge on any atom is 0.339 e. The van der Waals surface area contributed by atoms with Gasteiger partial charge < -0.3 is 14.5 Å². The Hall–Kier alpha value is -2.21. The van der Waals surface area contributed by atoms with E-state index in [2.05, 4.69) is 5.32 Å². The van der Waals surface area contributed by atoms with Gasteiger partial charge in [0.15, 0.2) is 0 Å². The quantitative estimate of drug-likeness (QED) is 0.782. The zero-order chi connectivity index (χ0) is 16.7. The van der Waals surface area contributed by atoms with Crippen molar-refractivity contribution < 1.29 is 18.7 Å². The average Bonchev–Trinajstić information content (AvgIpc) is 3.08. The molecule has 0 aliphatic heterocycles. The van der Waals surface area contributed by atoms with Crippen molar-refractivity contribution >= 4 is 29.3 Å². The molecule has 0 aliphatic rings. The molecule has 1 aromatic carbocycles. The van der Waals surface area contributed by atoms with E-state index in [9.17, 15) is 9.59 Å². The van der Waals surface area contributed by atoms with Crippen LogP contribution in [-0.2, 0) is 15.3 Å². The van der Waals surface area contributed by atoms with Crippen molar-refractivity contribution in [2.24, 2.45) is 0 Å². The van der Waals surface area contributed by atoms with E-state index >= 15 is 0 Å². The standard InChI is InChI=1S/C17H19NO4S/c1-3-15(23-11-12-7-6-10-22-12)16(19)18-14-9-5-4-8-13(14)17(20)21-2/h4-10,15H,3,11H2,1-2H3,(H,18,19). The summed E-state index contributed by atoms with van der Waals surface area (Å²) in [7, 11) is 1.31. The normalized spacial score (nSPS) is 11.7. The Kier molecular flexibility index (Phi) is 6.29. The molecule has 1 unspecified atom stereocenters. The molecule has 1 atom stereocenters.